The van der Waals surface area contributed by atoms with E-state index in [0.29, 0.717) is 0 Å². The maximum absolute atomic E-state index is 4.88. The fourth-order valence-electron chi connectivity index (χ4n) is 1.59. The smallest absolute Gasteiger partial charge is 0.0822 e. The van der Waals surface area contributed by atoms with Crippen LogP contribution < -0.4 is 0 Å². The highest BCUT2D eigenvalue weighted by molar-refractivity contribution is 4.51. The Hall–Kier alpha value is -0.0800. The van der Waals surface area contributed by atoms with E-state index in [1.54, 1.807) is 0 Å². The van der Waals surface area contributed by atoms with Gasteiger partial charge in [-0.1, -0.05) is 65.2 Å². The standard InChI is InChI=1S/C8H18O2.C6H12/c1-3-5-7-9-10-8-6-4-2;1-2-4-6-5-3-1/h3-8H2,1-2H3;1-6H2. The fraction of sp³-hybridized carbons (Fsp3) is 1.00. The third-order valence-electron chi connectivity index (χ3n) is 2.75. The Morgan fingerprint density at radius 1 is 0.625 bits per heavy atom. The van der Waals surface area contributed by atoms with Gasteiger partial charge in [-0.2, -0.15) is 0 Å². The molecule has 1 aliphatic rings. The molecule has 1 saturated carbocycles. The molecule has 16 heavy (non-hydrogen) atoms. The molecule has 1 rings (SSSR count). The van der Waals surface area contributed by atoms with Crippen molar-refractivity contribution in [1.82, 2.24) is 0 Å². The summed E-state index contributed by atoms with van der Waals surface area (Å²) >= 11 is 0. The van der Waals surface area contributed by atoms with Crippen LogP contribution in [-0.4, -0.2) is 13.2 Å². The van der Waals surface area contributed by atoms with Gasteiger partial charge in [0.25, 0.3) is 0 Å². The predicted molar refractivity (Wildman–Crippen MR) is 69.4 cm³/mol. The highest BCUT2D eigenvalue weighted by atomic mass is 17.2. The largest absolute Gasteiger partial charge is 0.237 e. The van der Waals surface area contributed by atoms with Crippen molar-refractivity contribution >= 4 is 0 Å². The van der Waals surface area contributed by atoms with Crippen LogP contribution in [0.25, 0.3) is 0 Å². The molecule has 0 aromatic heterocycles. The second kappa shape index (κ2) is 14.9. The van der Waals surface area contributed by atoms with Crippen LogP contribution in [0.5, 0.6) is 0 Å². The molecule has 0 aliphatic heterocycles. The Kier molecular flexibility index (Phi) is 14.8. The first kappa shape index (κ1) is 15.9. The van der Waals surface area contributed by atoms with E-state index in [1.807, 2.05) is 0 Å². The van der Waals surface area contributed by atoms with Gasteiger partial charge in [0.1, 0.15) is 0 Å². The van der Waals surface area contributed by atoms with Crippen molar-refractivity contribution in [3.63, 3.8) is 0 Å². The van der Waals surface area contributed by atoms with Gasteiger partial charge >= 0.3 is 0 Å². The molecule has 1 fully saturated rings. The van der Waals surface area contributed by atoms with Gasteiger partial charge in [0, 0.05) is 0 Å². The minimum absolute atomic E-state index is 0.736. The van der Waals surface area contributed by atoms with Crippen molar-refractivity contribution in [2.24, 2.45) is 0 Å². The average molecular weight is 230 g/mol. The van der Waals surface area contributed by atoms with Crippen LogP contribution >= 0.6 is 0 Å². The SMILES string of the molecule is C1CCCCC1.CCCCOOCCCC. The Labute approximate surface area is 102 Å². The zero-order valence-electron chi connectivity index (χ0n) is 11.3. The number of rotatable bonds is 7. The van der Waals surface area contributed by atoms with E-state index < -0.39 is 0 Å². The minimum atomic E-state index is 0.736. The summed E-state index contributed by atoms with van der Waals surface area (Å²) in [5.41, 5.74) is 0. The quantitative estimate of drug-likeness (QED) is 0.353. The summed E-state index contributed by atoms with van der Waals surface area (Å²) in [4.78, 5) is 9.75. The van der Waals surface area contributed by atoms with Gasteiger partial charge in [-0.15, -0.1) is 0 Å². The Bertz CT molecular complexity index is 91.8. The van der Waals surface area contributed by atoms with Gasteiger partial charge in [0.05, 0.1) is 13.2 Å². The minimum Gasteiger partial charge on any atom is -0.237 e. The molecule has 0 aromatic rings. The molecule has 0 atom stereocenters. The molecule has 0 saturated heterocycles. The van der Waals surface area contributed by atoms with Gasteiger partial charge in [-0.3, -0.25) is 0 Å². The summed E-state index contributed by atoms with van der Waals surface area (Å²) in [6, 6.07) is 0. The van der Waals surface area contributed by atoms with E-state index in [9.17, 15) is 0 Å². The van der Waals surface area contributed by atoms with Gasteiger partial charge < -0.3 is 0 Å². The molecule has 0 bridgehead atoms. The van der Waals surface area contributed by atoms with Gasteiger partial charge in [0.15, 0.2) is 0 Å². The number of hydrogen-bond donors (Lipinski definition) is 0. The zero-order chi connectivity index (χ0) is 11.9. The number of hydrogen-bond acceptors (Lipinski definition) is 2. The molecule has 0 aromatic carbocycles. The molecule has 0 spiro atoms. The molecular weight excluding hydrogens is 200 g/mol. The van der Waals surface area contributed by atoms with Crippen LogP contribution in [0.3, 0.4) is 0 Å². The monoisotopic (exact) mass is 230 g/mol. The van der Waals surface area contributed by atoms with E-state index in [2.05, 4.69) is 13.8 Å². The van der Waals surface area contributed by atoms with Crippen LogP contribution in [0, 0.1) is 0 Å². The average Bonchev–Trinajstić information content (AvgIpc) is 2.37. The maximum Gasteiger partial charge on any atom is 0.0822 e. The molecule has 2 nitrogen and oxygen atoms in total. The Morgan fingerprint density at radius 2 is 0.938 bits per heavy atom. The lowest BCUT2D eigenvalue weighted by molar-refractivity contribution is -0.295. The summed E-state index contributed by atoms with van der Waals surface area (Å²) in [5, 5.41) is 0. The molecule has 1 aliphatic carbocycles. The van der Waals surface area contributed by atoms with Crippen LogP contribution in [-0.2, 0) is 9.78 Å². The highest BCUT2D eigenvalue weighted by Crippen LogP contribution is 2.15. The number of unbranched alkanes of at least 4 members (excludes halogenated alkanes) is 2. The van der Waals surface area contributed by atoms with E-state index in [0.717, 1.165) is 38.9 Å². The van der Waals surface area contributed by atoms with Crippen LogP contribution in [0.15, 0.2) is 0 Å². The predicted octanol–water partition coefficient (Wildman–Crippen LogP) is 4.88. The second-order valence-corrected chi connectivity index (χ2v) is 4.47. The second-order valence-electron chi connectivity index (χ2n) is 4.47. The summed E-state index contributed by atoms with van der Waals surface area (Å²) in [5.74, 6) is 0. The molecule has 98 valence electrons. The lowest BCUT2D eigenvalue weighted by atomic mass is 10.0. The highest BCUT2D eigenvalue weighted by Gasteiger charge is 1.95. The summed E-state index contributed by atoms with van der Waals surface area (Å²) < 4.78 is 0. The Balaban J connectivity index is 0.000000315. The summed E-state index contributed by atoms with van der Waals surface area (Å²) in [6.07, 6.45) is 13.5. The molecule has 0 unspecified atom stereocenters. The van der Waals surface area contributed by atoms with Crippen molar-refractivity contribution in [3.8, 4) is 0 Å². The first-order valence-corrected chi connectivity index (χ1v) is 7.16. The van der Waals surface area contributed by atoms with Gasteiger partial charge in [-0.05, 0) is 12.8 Å². The van der Waals surface area contributed by atoms with Crippen LogP contribution in [0.4, 0.5) is 0 Å². The van der Waals surface area contributed by atoms with Crippen molar-refractivity contribution in [3.05, 3.63) is 0 Å². The molecular formula is C14H30O2. The van der Waals surface area contributed by atoms with Gasteiger partial charge in [-0.25, -0.2) is 9.78 Å². The van der Waals surface area contributed by atoms with E-state index in [1.165, 1.54) is 38.5 Å². The van der Waals surface area contributed by atoms with Crippen molar-refractivity contribution in [1.29, 1.82) is 0 Å². The molecule has 0 amide bonds. The van der Waals surface area contributed by atoms with Crippen LogP contribution in [0.2, 0.25) is 0 Å². The first-order valence-electron chi connectivity index (χ1n) is 7.16. The van der Waals surface area contributed by atoms with E-state index in [-0.39, 0.29) is 0 Å². The van der Waals surface area contributed by atoms with Crippen LogP contribution in [0.1, 0.15) is 78.1 Å². The maximum atomic E-state index is 4.88. The van der Waals surface area contributed by atoms with E-state index >= 15 is 0 Å². The fourth-order valence-corrected chi connectivity index (χ4v) is 1.59. The van der Waals surface area contributed by atoms with Crippen molar-refractivity contribution in [2.75, 3.05) is 13.2 Å². The molecule has 0 radical (unpaired) electrons. The molecule has 2 heteroatoms. The van der Waals surface area contributed by atoms with Gasteiger partial charge in [0.2, 0.25) is 0 Å². The summed E-state index contributed by atoms with van der Waals surface area (Å²) in [6.45, 7) is 5.74. The van der Waals surface area contributed by atoms with Crippen molar-refractivity contribution in [2.45, 2.75) is 78.1 Å². The van der Waals surface area contributed by atoms with Crippen molar-refractivity contribution < 1.29 is 9.78 Å². The zero-order valence-corrected chi connectivity index (χ0v) is 11.3. The third kappa shape index (κ3) is 13.9. The van der Waals surface area contributed by atoms with E-state index in [4.69, 9.17) is 9.78 Å². The first-order chi connectivity index (χ1) is 7.91. The topological polar surface area (TPSA) is 18.5 Å². The Morgan fingerprint density at radius 3 is 1.19 bits per heavy atom. The lowest BCUT2D eigenvalue weighted by Gasteiger charge is -2.05. The third-order valence-corrected chi connectivity index (χ3v) is 2.75. The molecule has 0 heterocycles. The normalized spacial score (nSPS) is 15.4. The lowest BCUT2D eigenvalue weighted by Crippen LogP contribution is -1.97. The molecule has 0 N–H and O–H groups in total. The summed E-state index contributed by atoms with van der Waals surface area (Å²) in [7, 11) is 0.